The van der Waals surface area contributed by atoms with Gasteiger partial charge in [-0.1, -0.05) is 6.07 Å². The number of esters is 1. The normalized spacial score (nSPS) is 17.4. The monoisotopic (exact) mass is 522 g/mol. The number of hydrogen-bond acceptors (Lipinski definition) is 9. The van der Waals surface area contributed by atoms with Gasteiger partial charge in [-0.25, -0.2) is 4.79 Å². The second-order valence-electron chi connectivity index (χ2n) is 10.1. The van der Waals surface area contributed by atoms with Crippen LogP contribution in [0.4, 0.5) is 11.4 Å². The summed E-state index contributed by atoms with van der Waals surface area (Å²) >= 11 is 0. The maximum Gasteiger partial charge on any atom is 0.344 e. The summed E-state index contributed by atoms with van der Waals surface area (Å²) in [5, 5.41) is 11.1. The number of piperidine rings is 1. The molecule has 200 valence electrons. The smallest absolute Gasteiger partial charge is 0.344 e. The molecule has 1 fully saturated rings. The average Bonchev–Trinajstić information content (AvgIpc) is 3.17. The highest BCUT2D eigenvalue weighted by atomic mass is 16.6. The summed E-state index contributed by atoms with van der Waals surface area (Å²) in [6, 6.07) is 7.77. The van der Waals surface area contributed by atoms with Crippen molar-refractivity contribution in [2.24, 2.45) is 10.2 Å². The number of ether oxygens (including phenoxy) is 3. The first-order chi connectivity index (χ1) is 18.0. The maximum atomic E-state index is 13.0. The number of fused-ring (bicyclic) bond motifs is 1. The summed E-state index contributed by atoms with van der Waals surface area (Å²) < 4.78 is 16.3. The number of amides is 3. The molecular formula is C27H30N4O7. The minimum absolute atomic E-state index is 0.182. The molecule has 4 rings (SSSR count). The SMILES string of the molecule is COc1cc(N=Nc2cccc3c2CN(C2CCC(=O)NC2=O)C3=O)c(C)cc1OCC(=O)OC(C)(C)C. The van der Waals surface area contributed by atoms with Gasteiger partial charge in [0.1, 0.15) is 11.6 Å². The molecule has 2 heterocycles. The van der Waals surface area contributed by atoms with Gasteiger partial charge in [-0.15, -0.1) is 0 Å². The number of aryl methyl sites for hydroxylation is 1. The topological polar surface area (TPSA) is 136 Å². The van der Waals surface area contributed by atoms with E-state index in [2.05, 4.69) is 15.5 Å². The van der Waals surface area contributed by atoms with Crippen molar-refractivity contribution < 1.29 is 33.4 Å². The number of methoxy groups -OCH3 is 1. The van der Waals surface area contributed by atoms with E-state index in [-0.39, 0.29) is 37.8 Å². The van der Waals surface area contributed by atoms with Gasteiger partial charge in [0.25, 0.3) is 5.91 Å². The van der Waals surface area contributed by atoms with E-state index < -0.39 is 23.5 Å². The summed E-state index contributed by atoms with van der Waals surface area (Å²) in [5.41, 5.74) is 2.22. The molecule has 0 bridgehead atoms. The van der Waals surface area contributed by atoms with Crippen LogP contribution in [0.25, 0.3) is 0 Å². The quantitative estimate of drug-likeness (QED) is 0.331. The van der Waals surface area contributed by atoms with Crippen molar-refractivity contribution in [1.82, 2.24) is 10.2 Å². The van der Waals surface area contributed by atoms with Crippen LogP contribution in [0.15, 0.2) is 40.6 Å². The van der Waals surface area contributed by atoms with Crippen LogP contribution in [-0.2, 0) is 25.7 Å². The third kappa shape index (κ3) is 5.82. The molecule has 1 unspecified atom stereocenters. The number of nitrogens with zero attached hydrogens (tertiary/aromatic N) is 3. The zero-order chi connectivity index (χ0) is 27.6. The molecule has 1 N–H and O–H groups in total. The lowest BCUT2D eigenvalue weighted by molar-refractivity contribution is -0.157. The number of azo groups is 1. The van der Waals surface area contributed by atoms with E-state index in [9.17, 15) is 19.2 Å². The lowest BCUT2D eigenvalue weighted by Crippen LogP contribution is -2.52. The molecule has 2 aliphatic rings. The number of imide groups is 1. The minimum Gasteiger partial charge on any atom is -0.493 e. The molecule has 3 amide bonds. The van der Waals surface area contributed by atoms with Crippen molar-refractivity contribution in [3.05, 3.63) is 47.0 Å². The number of benzene rings is 2. The highest BCUT2D eigenvalue weighted by molar-refractivity contribution is 6.06. The van der Waals surface area contributed by atoms with Crippen molar-refractivity contribution in [2.45, 2.75) is 58.7 Å². The summed E-state index contributed by atoms with van der Waals surface area (Å²) in [5.74, 6) is -0.860. The Morgan fingerprint density at radius 2 is 1.84 bits per heavy atom. The Hall–Kier alpha value is -4.28. The van der Waals surface area contributed by atoms with Crippen LogP contribution in [0.3, 0.4) is 0 Å². The summed E-state index contributed by atoms with van der Waals surface area (Å²) in [6.07, 6.45) is 0.463. The molecule has 0 spiro atoms. The van der Waals surface area contributed by atoms with Gasteiger partial charge in [0.05, 0.1) is 18.5 Å². The van der Waals surface area contributed by atoms with Crippen LogP contribution >= 0.6 is 0 Å². The van der Waals surface area contributed by atoms with Crippen molar-refractivity contribution in [3.63, 3.8) is 0 Å². The van der Waals surface area contributed by atoms with Crippen molar-refractivity contribution in [1.29, 1.82) is 0 Å². The molecule has 2 aliphatic heterocycles. The second kappa shape index (κ2) is 10.6. The molecule has 0 radical (unpaired) electrons. The Balaban J connectivity index is 1.52. The van der Waals surface area contributed by atoms with Crippen LogP contribution in [0, 0.1) is 6.92 Å². The molecule has 2 aromatic carbocycles. The van der Waals surface area contributed by atoms with Gasteiger partial charge in [-0.3, -0.25) is 19.7 Å². The minimum atomic E-state index is -0.711. The van der Waals surface area contributed by atoms with Crippen molar-refractivity contribution >= 4 is 35.1 Å². The van der Waals surface area contributed by atoms with Gasteiger partial charge < -0.3 is 19.1 Å². The van der Waals surface area contributed by atoms with E-state index in [0.717, 1.165) is 5.56 Å². The van der Waals surface area contributed by atoms with Crippen LogP contribution in [-0.4, -0.2) is 54.0 Å². The van der Waals surface area contributed by atoms with Gasteiger partial charge in [0.2, 0.25) is 11.8 Å². The Kier molecular flexibility index (Phi) is 7.47. The van der Waals surface area contributed by atoms with E-state index in [1.807, 2.05) is 6.92 Å². The fraction of sp³-hybridized carbons (Fsp3) is 0.407. The fourth-order valence-corrected chi connectivity index (χ4v) is 4.31. The molecule has 11 heteroatoms. The molecule has 0 aromatic heterocycles. The first-order valence-electron chi connectivity index (χ1n) is 12.2. The largest absolute Gasteiger partial charge is 0.493 e. The Morgan fingerprint density at radius 1 is 1.11 bits per heavy atom. The van der Waals surface area contributed by atoms with Gasteiger partial charge >= 0.3 is 5.97 Å². The predicted molar refractivity (Wildman–Crippen MR) is 136 cm³/mol. The highest BCUT2D eigenvalue weighted by Crippen LogP contribution is 2.37. The van der Waals surface area contributed by atoms with Gasteiger partial charge in [0, 0.05) is 30.2 Å². The van der Waals surface area contributed by atoms with Crippen LogP contribution < -0.4 is 14.8 Å². The molecule has 1 saturated heterocycles. The van der Waals surface area contributed by atoms with Crippen molar-refractivity contribution in [3.8, 4) is 11.5 Å². The Bertz CT molecular complexity index is 1330. The first-order valence-corrected chi connectivity index (χ1v) is 12.2. The predicted octanol–water partition coefficient (Wildman–Crippen LogP) is 3.90. The Labute approximate surface area is 220 Å². The number of hydrogen-bond donors (Lipinski definition) is 1. The van der Waals surface area contributed by atoms with Crippen LogP contribution in [0.5, 0.6) is 11.5 Å². The number of carbonyl (C=O) groups excluding carboxylic acids is 4. The standard InChI is InChI=1S/C27H30N4O7/c1-15-11-22(37-14-24(33)38-27(2,3)4)21(36-5)12-19(15)30-29-18-8-6-7-16-17(18)13-31(26(16)35)20-9-10-23(32)28-25(20)34/h6-8,11-12,20H,9-10,13-14H2,1-5H3,(H,28,32,34). The second-order valence-corrected chi connectivity index (χ2v) is 10.1. The zero-order valence-corrected chi connectivity index (χ0v) is 22.0. The zero-order valence-electron chi connectivity index (χ0n) is 22.0. The summed E-state index contributed by atoms with van der Waals surface area (Å²) in [4.78, 5) is 50.4. The van der Waals surface area contributed by atoms with Crippen molar-refractivity contribution in [2.75, 3.05) is 13.7 Å². The average molecular weight is 523 g/mol. The first kappa shape index (κ1) is 26.8. The van der Waals surface area contributed by atoms with E-state index in [4.69, 9.17) is 14.2 Å². The number of carbonyl (C=O) groups is 4. The molecular weight excluding hydrogens is 492 g/mol. The number of nitrogens with one attached hydrogen (secondary N) is 1. The fourth-order valence-electron chi connectivity index (χ4n) is 4.31. The third-order valence-corrected chi connectivity index (χ3v) is 6.07. The van der Waals surface area contributed by atoms with E-state index in [1.165, 1.54) is 12.0 Å². The maximum absolute atomic E-state index is 13.0. The van der Waals surface area contributed by atoms with Crippen LogP contribution in [0.2, 0.25) is 0 Å². The van der Waals surface area contributed by atoms with E-state index in [1.54, 1.807) is 51.1 Å². The van der Waals surface area contributed by atoms with E-state index >= 15 is 0 Å². The Morgan fingerprint density at radius 3 is 2.53 bits per heavy atom. The highest BCUT2D eigenvalue weighted by Gasteiger charge is 2.39. The lowest BCUT2D eigenvalue weighted by atomic mass is 10.0. The third-order valence-electron chi connectivity index (χ3n) is 6.07. The lowest BCUT2D eigenvalue weighted by Gasteiger charge is -2.29. The molecule has 2 aromatic rings. The van der Waals surface area contributed by atoms with Gasteiger partial charge in [-0.05, 0) is 57.9 Å². The molecule has 0 aliphatic carbocycles. The molecule has 38 heavy (non-hydrogen) atoms. The van der Waals surface area contributed by atoms with Gasteiger partial charge in [-0.2, -0.15) is 10.2 Å². The molecule has 11 nitrogen and oxygen atoms in total. The summed E-state index contributed by atoms with van der Waals surface area (Å²) in [7, 11) is 1.48. The number of rotatable bonds is 7. The molecule has 0 saturated carbocycles. The summed E-state index contributed by atoms with van der Waals surface area (Å²) in [6.45, 7) is 7.06. The van der Waals surface area contributed by atoms with Gasteiger partial charge in [0.15, 0.2) is 18.1 Å². The van der Waals surface area contributed by atoms with E-state index in [0.29, 0.717) is 34.0 Å². The molecule has 1 atom stereocenters. The van der Waals surface area contributed by atoms with Crippen LogP contribution in [0.1, 0.15) is 55.1 Å².